The number of nitrogens with zero attached hydrogens (tertiary/aromatic N) is 3. The molecule has 2 aromatic heterocycles. The number of hydrogen-bond acceptors (Lipinski definition) is 8. The summed E-state index contributed by atoms with van der Waals surface area (Å²) < 4.78 is 26.0. The molecule has 1 aliphatic carbocycles. The van der Waals surface area contributed by atoms with Crippen molar-refractivity contribution in [2.24, 2.45) is 0 Å². The van der Waals surface area contributed by atoms with E-state index in [-0.39, 0.29) is 17.9 Å². The molecule has 10 heteroatoms. The first kappa shape index (κ1) is 18.5. The molecular formula is C18H26N4O5Si. The minimum absolute atomic E-state index is 0.0535. The lowest BCUT2D eigenvalue weighted by Gasteiger charge is -2.38. The predicted octanol–water partition coefficient (Wildman–Crippen LogP) is 1.37. The molecule has 2 aromatic rings. The Morgan fingerprint density at radius 3 is 2.82 bits per heavy atom. The van der Waals surface area contributed by atoms with Gasteiger partial charge < -0.3 is 29.5 Å². The van der Waals surface area contributed by atoms with Crippen molar-refractivity contribution in [3.63, 3.8) is 0 Å². The summed E-state index contributed by atoms with van der Waals surface area (Å²) in [5, 5.41) is 15.8. The van der Waals surface area contributed by atoms with Crippen molar-refractivity contribution >= 4 is 19.7 Å². The van der Waals surface area contributed by atoms with Gasteiger partial charge in [0.2, 0.25) is 5.79 Å². The van der Waals surface area contributed by atoms with E-state index >= 15 is 0 Å². The third-order valence-electron chi connectivity index (χ3n) is 6.75. The highest BCUT2D eigenvalue weighted by Crippen LogP contribution is 2.64. The molecule has 3 N–H and O–H groups in total. The van der Waals surface area contributed by atoms with Crippen molar-refractivity contribution in [3.8, 4) is 0 Å². The number of ether oxygens (including phenoxy) is 3. The number of aromatic nitrogens is 3. The number of rotatable bonds is 3. The molecule has 1 saturated carbocycles. The maximum absolute atomic E-state index is 11.5. The number of anilines is 1. The summed E-state index contributed by atoms with van der Waals surface area (Å²) >= 11 is 0. The van der Waals surface area contributed by atoms with E-state index in [0.717, 1.165) is 0 Å². The van der Waals surface area contributed by atoms with Gasteiger partial charge in [-0.3, -0.25) is 0 Å². The van der Waals surface area contributed by atoms with Crippen molar-refractivity contribution in [2.45, 2.75) is 68.6 Å². The third-order valence-corrected chi connectivity index (χ3v) is 11.2. The van der Waals surface area contributed by atoms with Crippen LogP contribution in [0, 0.1) is 0 Å². The van der Waals surface area contributed by atoms with Gasteiger partial charge in [0.1, 0.15) is 36.5 Å². The van der Waals surface area contributed by atoms with Crippen LogP contribution in [-0.2, 0) is 24.4 Å². The highest BCUT2D eigenvalue weighted by Gasteiger charge is 2.86. The van der Waals surface area contributed by atoms with Crippen molar-refractivity contribution in [1.82, 2.24) is 14.6 Å². The fraction of sp³-hybridized carbons (Fsp3) is 0.667. The molecule has 2 unspecified atom stereocenters. The fourth-order valence-corrected chi connectivity index (χ4v) is 5.39. The van der Waals surface area contributed by atoms with Crippen LogP contribution in [0.4, 0.5) is 5.82 Å². The van der Waals surface area contributed by atoms with Crippen LogP contribution in [0.3, 0.4) is 0 Å². The Balaban J connectivity index is 1.49. The van der Waals surface area contributed by atoms with Gasteiger partial charge >= 0.3 is 0 Å². The standard InChI is InChI=1S/C18H26N4O5Si/c1-16(2,3)28(4,5)27-13-12-17(13)15(24-9-25-17)18(23,26-12)11-7-6-10-14(19)20-8-21-22(10)11/h6-8,12-13,15,23H,9H2,1-5H3,(H2,19,20,21)/t12-,13?,15-,17+,18?/m1/s1. The number of nitrogens with two attached hydrogens (primary N) is 1. The van der Waals surface area contributed by atoms with E-state index in [1.807, 2.05) is 0 Å². The first-order valence-electron chi connectivity index (χ1n) is 9.45. The van der Waals surface area contributed by atoms with Crippen LogP contribution >= 0.6 is 0 Å². The predicted molar refractivity (Wildman–Crippen MR) is 102 cm³/mol. The van der Waals surface area contributed by atoms with Gasteiger partial charge in [0.25, 0.3) is 0 Å². The number of fused-ring (bicyclic) bond motifs is 1. The first-order valence-corrected chi connectivity index (χ1v) is 12.4. The maximum atomic E-state index is 11.5. The lowest BCUT2D eigenvalue weighted by Crippen LogP contribution is -2.50. The monoisotopic (exact) mass is 406 g/mol. The smallest absolute Gasteiger partial charge is 0.240 e. The molecule has 2 saturated heterocycles. The molecule has 0 bridgehead atoms. The van der Waals surface area contributed by atoms with Crippen LogP contribution in [0.25, 0.3) is 5.52 Å². The van der Waals surface area contributed by atoms with E-state index in [9.17, 15) is 5.11 Å². The van der Waals surface area contributed by atoms with E-state index in [1.165, 1.54) is 10.8 Å². The van der Waals surface area contributed by atoms with E-state index in [0.29, 0.717) is 17.0 Å². The number of aliphatic hydroxyl groups is 1. The minimum atomic E-state index is -2.04. The Morgan fingerprint density at radius 1 is 1.36 bits per heavy atom. The van der Waals surface area contributed by atoms with E-state index in [4.69, 9.17) is 24.4 Å². The Labute approximate surface area is 163 Å². The quantitative estimate of drug-likeness (QED) is 0.735. The fourth-order valence-electron chi connectivity index (χ4n) is 4.09. The Bertz CT molecular complexity index is 959. The Kier molecular flexibility index (Phi) is 3.51. The molecule has 3 fully saturated rings. The largest absolute Gasteiger partial charge is 0.408 e. The molecule has 0 aromatic carbocycles. The van der Waals surface area contributed by atoms with Gasteiger partial charge in [-0.1, -0.05) is 20.8 Å². The minimum Gasteiger partial charge on any atom is -0.408 e. The molecule has 3 aliphatic rings. The normalized spacial score (nSPS) is 37.3. The first-order chi connectivity index (χ1) is 13.0. The molecule has 5 rings (SSSR count). The van der Waals surface area contributed by atoms with Crippen LogP contribution in [0.15, 0.2) is 18.5 Å². The maximum Gasteiger partial charge on any atom is 0.240 e. The van der Waals surface area contributed by atoms with Crippen LogP contribution in [0.2, 0.25) is 18.1 Å². The van der Waals surface area contributed by atoms with Crippen molar-refractivity contribution < 1.29 is 23.7 Å². The van der Waals surface area contributed by atoms with Crippen LogP contribution < -0.4 is 5.73 Å². The molecule has 0 radical (unpaired) electrons. The highest BCUT2D eigenvalue weighted by atomic mass is 28.4. The molecular weight excluding hydrogens is 380 g/mol. The van der Waals surface area contributed by atoms with E-state index in [2.05, 4.69) is 43.9 Å². The average Bonchev–Trinajstić information content (AvgIpc) is 3.03. The average molecular weight is 407 g/mol. The van der Waals surface area contributed by atoms with Gasteiger partial charge in [0.15, 0.2) is 25.8 Å². The second-order valence-corrected chi connectivity index (χ2v) is 14.1. The second-order valence-electron chi connectivity index (χ2n) is 9.36. The molecule has 28 heavy (non-hydrogen) atoms. The molecule has 9 nitrogen and oxygen atoms in total. The van der Waals surface area contributed by atoms with Crippen LogP contribution in [-0.4, -0.2) is 58.7 Å². The Morgan fingerprint density at radius 2 is 2.11 bits per heavy atom. The topological polar surface area (TPSA) is 113 Å². The zero-order valence-corrected chi connectivity index (χ0v) is 17.7. The molecule has 5 atom stereocenters. The molecule has 2 aliphatic heterocycles. The number of nitrogen functional groups attached to an aromatic ring is 1. The van der Waals surface area contributed by atoms with E-state index < -0.39 is 31.9 Å². The van der Waals surface area contributed by atoms with Gasteiger partial charge in [-0.2, -0.15) is 5.10 Å². The van der Waals surface area contributed by atoms with Gasteiger partial charge in [0.05, 0.1) is 0 Å². The second kappa shape index (κ2) is 5.32. The lowest BCUT2D eigenvalue weighted by atomic mass is 10.0. The lowest BCUT2D eigenvalue weighted by molar-refractivity contribution is -0.257. The van der Waals surface area contributed by atoms with Crippen molar-refractivity contribution in [3.05, 3.63) is 24.2 Å². The SMILES string of the molecule is CC(C)(C)[Si](C)(C)OC1[C@H]2OC(O)(c3ccc4c(N)ncnn34)[C@@H]3OCO[C@]123. The molecule has 4 heterocycles. The van der Waals surface area contributed by atoms with Crippen molar-refractivity contribution in [2.75, 3.05) is 12.5 Å². The molecule has 1 spiro atoms. The molecule has 0 amide bonds. The summed E-state index contributed by atoms with van der Waals surface area (Å²) in [5.74, 6) is -1.38. The zero-order valence-electron chi connectivity index (χ0n) is 16.7. The number of hydrogen-bond donors (Lipinski definition) is 2. The summed E-state index contributed by atoms with van der Waals surface area (Å²) in [6.07, 6.45) is -0.0271. The van der Waals surface area contributed by atoms with Gasteiger partial charge in [-0.05, 0) is 30.3 Å². The van der Waals surface area contributed by atoms with E-state index in [1.54, 1.807) is 12.1 Å². The van der Waals surface area contributed by atoms with Gasteiger partial charge in [-0.25, -0.2) is 9.50 Å². The summed E-state index contributed by atoms with van der Waals surface area (Å²) in [6.45, 7) is 11.0. The highest BCUT2D eigenvalue weighted by molar-refractivity contribution is 6.74. The van der Waals surface area contributed by atoms with Crippen LogP contribution in [0.5, 0.6) is 0 Å². The summed E-state index contributed by atoms with van der Waals surface area (Å²) in [6, 6.07) is 3.48. The van der Waals surface area contributed by atoms with Gasteiger partial charge in [0, 0.05) is 0 Å². The molecule has 152 valence electrons. The van der Waals surface area contributed by atoms with Gasteiger partial charge in [-0.15, -0.1) is 0 Å². The Hall–Kier alpha value is -1.56. The zero-order chi connectivity index (χ0) is 20.1. The van der Waals surface area contributed by atoms with Crippen LogP contribution in [0.1, 0.15) is 26.5 Å². The third kappa shape index (κ3) is 2.13. The summed E-state index contributed by atoms with van der Waals surface area (Å²) in [7, 11) is -2.04. The van der Waals surface area contributed by atoms with Crippen molar-refractivity contribution in [1.29, 1.82) is 0 Å². The summed E-state index contributed by atoms with van der Waals surface area (Å²) in [5.41, 5.74) is 6.15. The summed E-state index contributed by atoms with van der Waals surface area (Å²) in [4.78, 5) is 3.99.